The second kappa shape index (κ2) is 7.19. The van der Waals surface area contributed by atoms with Crippen LogP contribution in [-0.4, -0.2) is 44.2 Å². The van der Waals surface area contributed by atoms with E-state index < -0.39 is 0 Å². The summed E-state index contributed by atoms with van der Waals surface area (Å²) in [4.78, 5) is 6.46. The zero-order valence-electron chi connectivity index (χ0n) is 10.4. The average molecular weight is 223 g/mol. The number of nitrogens with one attached hydrogen (secondary N) is 1. The zero-order valence-corrected chi connectivity index (χ0v) is 10.4. The molecule has 0 aliphatic heterocycles. The van der Waals surface area contributed by atoms with Gasteiger partial charge in [-0.1, -0.05) is 6.07 Å². The molecule has 0 aliphatic carbocycles. The summed E-state index contributed by atoms with van der Waals surface area (Å²) in [5.41, 5.74) is 1.14. The molecule has 0 fully saturated rings. The molecule has 0 atom stereocenters. The number of hydrogen-bond acceptors (Lipinski definition) is 4. The monoisotopic (exact) mass is 223 g/mol. The van der Waals surface area contributed by atoms with Crippen molar-refractivity contribution >= 4 is 0 Å². The molecule has 0 amide bonds. The molecule has 4 nitrogen and oxygen atoms in total. The summed E-state index contributed by atoms with van der Waals surface area (Å²) in [5, 5.41) is 3.15. The third-order valence-corrected chi connectivity index (χ3v) is 2.45. The summed E-state index contributed by atoms with van der Waals surface area (Å²) in [6.07, 6.45) is 2.90. The Bertz CT molecular complexity index is 304. The van der Waals surface area contributed by atoms with E-state index in [0.29, 0.717) is 0 Å². The van der Waals surface area contributed by atoms with Crippen LogP contribution in [0.5, 0.6) is 5.88 Å². The van der Waals surface area contributed by atoms with Gasteiger partial charge in [-0.25, -0.2) is 4.98 Å². The topological polar surface area (TPSA) is 37.4 Å². The molecular weight excluding hydrogens is 202 g/mol. The molecule has 0 saturated heterocycles. The number of pyridine rings is 1. The lowest BCUT2D eigenvalue weighted by atomic mass is 10.2. The van der Waals surface area contributed by atoms with Crippen molar-refractivity contribution in [2.24, 2.45) is 0 Å². The summed E-state index contributed by atoms with van der Waals surface area (Å²) in [6.45, 7) is 2.99. The van der Waals surface area contributed by atoms with Crippen molar-refractivity contribution in [3.63, 3.8) is 0 Å². The highest BCUT2D eigenvalue weighted by atomic mass is 16.5. The van der Waals surface area contributed by atoms with Gasteiger partial charge >= 0.3 is 0 Å². The van der Waals surface area contributed by atoms with Crippen LogP contribution >= 0.6 is 0 Å². The summed E-state index contributed by atoms with van der Waals surface area (Å²) >= 11 is 0. The second-order valence-corrected chi connectivity index (χ2v) is 3.87. The Balaban J connectivity index is 2.45. The van der Waals surface area contributed by atoms with E-state index in [0.717, 1.165) is 37.5 Å². The van der Waals surface area contributed by atoms with Crippen molar-refractivity contribution < 1.29 is 4.74 Å². The molecule has 0 aliphatic rings. The minimum atomic E-state index is 0.725. The Morgan fingerprint density at radius 2 is 2.31 bits per heavy atom. The predicted molar refractivity (Wildman–Crippen MR) is 65.7 cm³/mol. The Morgan fingerprint density at radius 3 is 3.00 bits per heavy atom. The minimum absolute atomic E-state index is 0.725. The molecule has 0 aromatic carbocycles. The lowest BCUT2D eigenvalue weighted by Crippen LogP contribution is -2.22. The molecule has 0 saturated carbocycles. The summed E-state index contributed by atoms with van der Waals surface area (Å²) in [5.74, 6) is 0.725. The first-order valence-electron chi connectivity index (χ1n) is 5.59. The molecule has 0 spiro atoms. The highest BCUT2D eigenvalue weighted by Crippen LogP contribution is 2.15. The molecule has 1 heterocycles. The van der Waals surface area contributed by atoms with Gasteiger partial charge in [0.25, 0.3) is 0 Å². The maximum Gasteiger partial charge on any atom is 0.217 e. The highest BCUT2D eigenvalue weighted by Gasteiger charge is 2.06. The number of aromatic nitrogens is 1. The Labute approximate surface area is 97.6 Å². The third kappa shape index (κ3) is 4.16. The van der Waals surface area contributed by atoms with Gasteiger partial charge in [-0.3, -0.25) is 0 Å². The Hall–Kier alpha value is -1.13. The standard InChI is InChI=1S/C12H21N3O/c1-13-7-5-9-15(2)10-11-6-4-8-14-12(11)16-3/h4,6,8,13H,5,7,9-10H2,1-3H3. The van der Waals surface area contributed by atoms with Gasteiger partial charge in [0.15, 0.2) is 0 Å². The van der Waals surface area contributed by atoms with Crippen molar-refractivity contribution in [2.45, 2.75) is 13.0 Å². The average Bonchev–Trinajstić information content (AvgIpc) is 2.30. The fraction of sp³-hybridized carbons (Fsp3) is 0.583. The minimum Gasteiger partial charge on any atom is -0.481 e. The van der Waals surface area contributed by atoms with Gasteiger partial charge in [0, 0.05) is 18.3 Å². The summed E-state index contributed by atoms with van der Waals surface area (Å²) in [7, 11) is 5.75. The van der Waals surface area contributed by atoms with Crippen molar-refractivity contribution in [3.8, 4) is 5.88 Å². The molecule has 90 valence electrons. The van der Waals surface area contributed by atoms with Gasteiger partial charge in [0.2, 0.25) is 5.88 Å². The number of hydrogen-bond donors (Lipinski definition) is 1. The fourth-order valence-corrected chi connectivity index (χ4v) is 1.62. The first-order valence-corrected chi connectivity index (χ1v) is 5.59. The normalized spacial score (nSPS) is 10.8. The van der Waals surface area contributed by atoms with Crippen LogP contribution in [0.15, 0.2) is 18.3 Å². The smallest absolute Gasteiger partial charge is 0.217 e. The van der Waals surface area contributed by atoms with Crippen LogP contribution in [0.25, 0.3) is 0 Å². The molecule has 1 N–H and O–H groups in total. The molecule has 0 unspecified atom stereocenters. The van der Waals surface area contributed by atoms with Crippen LogP contribution in [0.2, 0.25) is 0 Å². The predicted octanol–water partition coefficient (Wildman–Crippen LogP) is 1.13. The Kier molecular flexibility index (Phi) is 5.82. The van der Waals surface area contributed by atoms with Gasteiger partial charge < -0.3 is 15.0 Å². The quantitative estimate of drug-likeness (QED) is 0.703. The van der Waals surface area contributed by atoms with E-state index in [-0.39, 0.29) is 0 Å². The molecule has 16 heavy (non-hydrogen) atoms. The highest BCUT2D eigenvalue weighted by molar-refractivity contribution is 5.24. The van der Waals surface area contributed by atoms with Gasteiger partial charge in [-0.05, 0) is 39.7 Å². The third-order valence-electron chi connectivity index (χ3n) is 2.45. The van der Waals surface area contributed by atoms with Crippen molar-refractivity contribution in [3.05, 3.63) is 23.9 Å². The SMILES string of the molecule is CNCCCN(C)Cc1cccnc1OC. The number of methoxy groups -OCH3 is 1. The molecule has 1 aromatic heterocycles. The number of nitrogens with zero attached hydrogens (tertiary/aromatic N) is 2. The summed E-state index contributed by atoms with van der Waals surface area (Å²) < 4.78 is 5.22. The summed E-state index contributed by atoms with van der Waals surface area (Å²) in [6, 6.07) is 4.00. The van der Waals surface area contributed by atoms with E-state index in [1.807, 2.05) is 13.1 Å². The maximum atomic E-state index is 5.22. The van der Waals surface area contributed by atoms with Crippen LogP contribution in [0.4, 0.5) is 0 Å². The van der Waals surface area contributed by atoms with Crippen LogP contribution in [0.1, 0.15) is 12.0 Å². The molecule has 1 rings (SSSR count). The lowest BCUT2D eigenvalue weighted by molar-refractivity contribution is 0.309. The molecule has 0 radical (unpaired) electrons. The van der Waals surface area contributed by atoms with E-state index in [4.69, 9.17) is 4.74 Å². The fourth-order valence-electron chi connectivity index (χ4n) is 1.62. The molecule has 0 bridgehead atoms. The molecule has 1 aromatic rings. The van der Waals surface area contributed by atoms with E-state index in [9.17, 15) is 0 Å². The van der Waals surface area contributed by atoms with Gasteiger partial charge in [0.1, 0.15) is 0 Å². The van der Waals surface area contributed by atoms with Crippen molar-refractivity contribution in [1.82, 2.24) is 15.2 Å². The van der Waals surface area contributed by atoms with Crippen LogP contribution < -0.4 is 10.1 Å². The van der Waals surface area contributed by atoms with E-state index in [2.05, 4.69) is 28.3 Å². The van der Waals surface area contributed by atoms with Crippen molar-refractivity contribution in [2.75, 3.05) is 34.3 Å². The van der Waals surface area contributed by atoms with E-state index >= 15 is 0 Å². The largest absolute Gasteiger partial charge is 0.481 e. The second-order valence-electron chi connectivity index (χ2n) is 3.87. The van der Waals surface area contributed by atoms with Crippen LogP contribution in [-0.2, 0) is 6.54 Å². The molecule has 4 heteroatoms. The van der Waals surface area contributed by atoms with Gasteiger partial charge in [-0.15, -0.1) is 0 Å². The van der Waals surface area contributed by atoms with Crippen LogP contribution in [0.3, 0.4) is 0 Å². The number of ether oxygens (including phenoxy) is 1. The number of rotatable bonds is 7. The zero-order chi connectivity index (χ0) is 11.8. The van der Waals surface area contributed by atoms with E-state index in [1.165, 1.54) is 0 Å². The first kappa shape index (κ1) is 12.9. The van der Waals surface area contributed by atoms with Crippen molar-refractivity contribution in [1.29, 1.82) is 0 Å². The van der Waals surface area contributed by atoms with Gasteiger partial charge in [-0.2, -0.15) is 0 Å². The van der Waals surface area contributed by atoms with Crippen LogP contribution in [0, 0.1) is 0 Å². The van der Waals surface area contributed by atoms with Gasteiger partial charge in [0.05, 0.1) is 7.11 Å². The molecular formula is C12H21N3O. The maximum absolute atomic E-state index is 5.22. The lowest BCUT2D eigenvalue weighted by Gasteiger charge is -2.17. The first-order chi connectivity index (χ1) is 7.77. The Morgan fingerprint density at radius 1 is 1.50 bits per heavy atom. The van der Waals surface area contributed by atoms with E-state index in [1.54, 1.807) is 13.3 Å².